The van der Waals surface area contributed by atoms with E-state index in [1.54, 1.807) is 4.90 Å². The molecule has 1 aliphatic rings. The highest BCUT2D eigenvalue weighted by Gasteiger charge is 2.30. The van der Waals surface area contributed by atoms with Crippen LogP contribution in [-0.4, -0.2) is 32.3 Å². The summed E-state index contributed by atoms with van der Waals surface area (Å²) in [5.74, 6) is -1.16. The second-order valence-electron chi connectivity index (χ2n) is 6.22. The third-order valence-corrected chi connectivity index (χ3v) is 4.53. The zero-order valence-corrected chi connectivity index (χ0v) is 12.9. The molecular formula is C14H19FN2O3S. The molecule has 1 aliphatic heterocycles. The number of likely N-dealkylation sites (tertiary alicyclic amines) is 1. The molecule has 7 heteroatoms. The fraction of sp³-hybridized carbons (Fsp3) is 0.500. The fourth-order valence-electron chi connectivity index (χ4n) is 2.63. The van der Waals surface area contributed by atoms with Crippen LogP contribution in [0.1, 0.15) is 37.0 Å². The SMILES string of the molecule is CC1(C)CCCN(C(=O)c2cc(F)cc(S(N)(=O)=O)c2)C1. The van der Waals surface area contributed by atoms with Gasteiger partial charge in [0.1, 0.15) is 5.82 Å². The second-order valence-corrected chi connectivity index (χ2v) is 7.78. The summed E-state index contributed by atoms with van der Waals surface area (Å²) in [5.41, 5.74) is 0.0148. The standard InChI is InChI=1S/C14H19FN2O3S/c1-14(2)4-3-5-17(9-14)13(18)10-6-11(15)8-12(7-10)21(16,19)20/h6-8H,3-5,9H2,1-2H3,(H2,16,19,20). The summed E-state index contributed by atoms with van der Waals surface area (Å²) < 4.78 is 36.2. The van der Waals surface area contributed by atoms with E-state index in [0.717, 1.165) is 31.0 Å². The molecule has 21 heavy (non-hydrogen) atoms. The van der Waals surface area contributed by atoms with E-state index in [0.29, 0.717) is 13.1 Å². The maximum absolute atomic E-state index is 13.5. The van der Waals surface area contributed by atoms with Gasteiger partial charge in [-0.05, 0) is 36.5 Å². The Kier molecular flexibility index (Phi) is 4.08. The summed E-state index contributed by atoms with van der Waals surface area (Å²) in [5, 5.41) is 5.00. The summed E-state index contributed by atoms with van der Waals surface area (Å²) >= 11 is 0. The zero-order chi connectivity index (χ0) is 15.8. The number of amides is 1. The van der Waals surface area contributed by atoms with Gasteiger partial charge in [0.2, 0.25) is 10.0 Å². The Bertz CT molecular complexity index is 671. The Morgan fingerprint density at radius 1 is 1.33 bits per heavy atom. The van der Waals surface area contributed by atoms with E-state index in [-0.39, 0.29) is 21.8 Å². The number of hydrogen-bond acceptors (Lipinski definition) is 3. The van der Waals surface area contributed by atoms with E-state index >= 15 is 0 Å². The topological polar surface area (TPSA) is 80.5 Å². The third-order valence-electron chi connectivity index (χ3n) is 3.63. The molecule has 1 saturated heterocycles. The largest absolute Gasteiger partial charge is 0.338 e. The molecule has 1 aromatic rings. The summed E-state index contributed by atoms with van der Waals surface area (Å²) in [6.45, 7) is 5.28. The first kappa shape index (κ1) is 15.9. The van der Waals surface area contributed by atoms with Crippen molar-refractivity contribution in [1.82, 2.24) is 4.90 Å². The molecule has 0 saturated carbocycles. The average molecular weight is 314 g/mol. The van der Waals surface area contributed by atoms with Gasteiger partial charge in [0.15, 0.2) is 0 Å². The molecule has 0 unspecified atom stereocenters. The molecule has 0 aliphatic carbocycles. The molecule has 2 rings (SSSR count). The molecule has 0 atom stereocenters. The van der Waals surface area contributed by atoms with Crippen LogP contribution in [0.5, 0.6) is 0 Å². The molecular weight excluding hydrogens is 295 g/mol. The van der Waals surface area contributed by atoms with Crippen LogP contribution in [0.15, 0.2) is 23.1 Å². The molecule has 116 valence electrons. The molecule has 0 aromatic heterocycles. The lowest BCUT2D eigenvalue weighted by atomic mass is 9.84. The van der Waals surface area contributed by atoms with Gasteiger partial charge in [-0.15, -0.1) is 0 Å². The molecule has 1 amide bonds. The number of sulfonamides is 1. The lowest BCUT2D eigenvalue weighted by molar-refractivity contribution is 0.0582. The number of benzene rings is 1. The Morgan fingerprint density at radius 2 is 2.00 bits per heavy atom. The van der Waals surface area contributed by atoms with Gasteiger partial charge >= 0.3 is 0 Å². The number of nitrogens with two attached hydrogens (primary N) is 1. The number of rotatable bonds is 2. The van der Waals surface area contributed by atoms with Crippen LogP contribution in [0, 0.1) is 11.2 Å². The lowest BCUT2D eigenvalue weighted by Crippen LogP contribution is -2.43. The first-order chi connectivity index (χ1) is 9.58. The molecule has 0 spiro atoms. The Labute approximate surface area is 124 Å². The number of hydrogen-bond donors (Lipinski definition) is 1. The van der Waals surface area contributed by atoms with Crippen molar-refractivity contribution < 1.29 is 17.6 Å². The predicted molar refractivity (Wildman–Crippen MR) is 76.7 cm³/mol. The zero-order valence-electron chi connectivity index (χ0n) is 12.1. The van der Waals surface area contributed by atoms with Crippen molar-refractivity contribution in [3.8, 4) is 0 Å². The predicted octanol–water partition coefficient (Wildman–Crippen LogP) is 1.74. The Balaban J connectivity index is 2.33. The van der Waals surface area contributed by atoms with E-state index in [9.17, 15) is 17.6 Å². The van der Waals surface area contributed by atoms with Crippen LogP contribution >= 0.6 is 0 Å². The molecule has 2 N–H and O–H groups in total. The summed E-state index contributed by atoms with van der Waals surface area (Å²) in [6.07, 6.45) is 1.89. The molecule has 0 radical (unpaired) electrons. The van der Waals surface area contributed by atoms with E-state index < -0.39 is 15.8 Å². The monoisotopic (exact) mass is 314 g/mol. The molecule has 1 fully saturated rings. The molecule has 1 heterocycles. The summed E-state index contributed by atoms with van der Waals surface area (Å²) in [4.78, 5) is 13.7. The van der Waals surface area contributed by atoms with Gasteiger partial charge in [-0.2, -0.15) is 0 Å². The number of nitrogens with zero attached hydrogens (tertiary/aromatic N) is 1. The normalized spacial score (nSPS) is 18.6. The molecule has 5 nitrogen and oxygen atoms in total. The summed E-state index contributed by atoms with van der Waals surface area (Å²) in [7, 11) is -4.05. The smallest absolute Gasteiger partial charge is 0.254 e. The van der Waals surface area contributed by atoms with Gasteiger partial charge < -0.3 is 4.90 Å². The number of halogens is 1. The van der Waals surface area contributed by atoms with E-state index in [1.807, 2.05) is 0 Å². The van der Waals surface area contributed by atoms with Crippen molar-refractivity contribution in [3.63, 3.8) is 0 Å². The van der Waals surface area contributed by atoms with Gasteiger partial charge in [0.25, 0.3) is 5.91 Å². The van der Waals surface area contributed by atoms with Crippen molar-refractivity contribution in [2.24, 2.45) is 10.6 Å². The van der Waals surface area contributed by atoms with Crippen molar-refractivity contribution in [3.05, 3.63) is 29.6 Å². The van der Waals surface area contributed by atoms with Gasteiger partial charge in [0, 0.05) is 18.7 Å². The number of piperidine rings is 1. The first-order valence-corrected chi connectivity index (χ1v) is 8.26. The fourth-order valence-corrected chi connectivity index (χ4v) is 3.20. The number of primary sulfonamides is 1. The molecule has 0 bridgehead atoms. The van der Waals surface area contributed by atoms with E-state index in [4.69, 9.17) is 5.14 Å². The van der Waals surface area contributed by atoms with E-state index in [1.165, 1.54) is 0 Å². The molecule has 1 aromatic carbocycles. The van der Waals surface area contributed by atoms with Crippen molar-refractivity contribution in [2.45, 2.75) is 31.6 Å². The highest BCUT2D eigenvalue weighted by molar-refractivity contribution is 7.89. The van der Waals surface area contributed by atoms with Gasteiger partial charge in [-0.1, -0.05) is 13.8 Å². The lowest BCUT2D eigenvalue weighted by Gasteiger charge is -2.38. The minimum absolute atomic E-state index is 0.00398. The minimum atomic E-state index is -4.05. The quantitative estimate of drug-likeness (QED) is 0.903. The van der Waals surface area contributed by atoms with Gasteiger partial charge in [-0.25, -0.2) is 17.9 Å². The third kappa shape index (κ3) is 3.79. The van der Waals surface area contributed by atoms with Crippen LogP contribution in [0.25, 0.3) is 0 Å². The van der Waals surface area contributed by atoms with Crippen LogP contribution in [0.2, 0.25) is 0 Å². The van der Waals surface area contributed by atoms with Gasteiger partial charge in [-0.3, -0.25) is 4.79 Å². The van der Waals surface area contributed by atoms with Crippen molar-refractivity contribution in [1.29, 1.82) is 0 Å². The minimum Gasteiger partial charge on any atom is -0.338 e. The summed E-state index contributed by atoms with van der Waals surface area (Å²) in [6, 6.07) is 2.98. The highest BCUT2D eigenvalue weighted by Crippen LogP contribution is 2.29. The van der Waals surface area contributed by atoms with E-state index in [2.05, 4.69) is 13.8 Å². The van der Waals surface area contributed by atoms with Crippen LogP contribution in [0.3, 0.4) is 0 Å². The van der Waals surface area contributed by atoms with Crippen LogP contribution in [-0.2, 0) is 10.0 Å². The van der Waals surface area contributed by atoms with Crippen molar-refractivity contribution in [2.75, 3.05) is 13.1 Å². The van der Waals surface area contributed by atoms with Crippen molar-refractivity contribution >= 4 is 15.9 Å². The van der Waals surface area contributed by atoms with Crippen LogP contribution < -0.4 is 5.14 Å². The average Bonchev–Trinajstić information content (AvgIpc) is 2.35. The van der Waals surface area contributed by atoms with Crippen LogP contribution in [0.4, 0.5) is 4.39 Å². The maximum atomic E-state index is 13.5. The Hall–Kier alpha value is -1.47. The number of carbonyl (C=O) groups excluding carboxylic acids is 1. The first-order valence-electron chi connectivity index (χ1n) is 6.71. The highest BCUT2D eigenvalue weighted by atomic mass is 32.2. The van der Waals surface area contributed by atoms with Gasteiger partial charge in [0.05, 0.1) is 4.90 Å². The number of carbonyl (C=O) groups is 1. The second kappa shape index (κ2) is 5.38. The maximum Gasteiger partial charge on any atom is 0.254 e. The Morgan fingerprint density at radius 3 is 2.57 bits per heavy atom.